The zero-order chi connectivity index (χ0) is 22.8. The maximum absolute atomic E-state index is 15.0. The number of anilines is 1. The topological polar surface area (TPSA) is 128 Å². The fourth-order valence-corrected chi connectivity index (χ4v) is 4.19. The second-order valence-corrected chi connectivity index (χ2v) is 7.98. The van der Waals surface area contributed by atoms with Gasteiger partial charge in [-0.2, -0.15) is 0 Å². The second-order valence-electron chi connectivity index (χ2n) is 7.09. The van der Waals surface area contributed by atoms with E-state index in [-0.39, 0.29) is 22.9 Å². The molecule has 1 aromatic carbocycles. The van der Waals surface area contributed by atoms with E-state index < -0.39 is 36.7 Å². The number of benzene rings is 1. The summed E-state index contributed by atoms with van der Waals surface area (Å²) in [6.07, 6.45) is -4.16. The number of aliphatic hydroxyl groups is 1. The number of amides is 1. The summed E-state index contributed by atoms with van der Waals surface area (Å²) in [6.45, 7) is 1.14. The summed E-state index contributed by atoms with van der Waals surface area (Å²) >= 11 is 1.98. The Morgan fingerprint density at radius 1 is 1.28 bits per heavy atom. The Morgan fingerprint density at radius 3 is 2.72 bits per heavy atom. The molecule has 0 unspecified atom stereocenters. The first kappa shape index (κ1) is 22.5. The number of carbonyl (C=O) groups excluding carboxylic acids is 2. The number of ether oxygens (including phenoxy) is 2. The summed E-state index contributed by atoms with van der Waals surface area (Å²) in [4.78, 5) is 36.7. The number of nitrogens with one attached hydrogen (secondary N) is 1. The van der Waals surface area contributed by atoms with Crippen LogP contribution in [0.2, 0.25) is 0 Å². The van der Waals surface area contributed by atoms with Crippen molar-refractivity contribution in [2.45, 2.75) is 37.6 Å². The van der Waals surface area contributed by atoms with Crippen molar-refractivity contribution in [3.63, 3.8) is 0 Å². The number of fused-ring (bicyclic) bond motifs is 1. The quantitative estimate of drug-likeness (QED) is 0.278. The van der Waals surface area contributed by atoms with Gasteiger partial charge in [0.25, 0.3) is 5.91 Å². The summed E-state index contributed by atoms with van der Waals surface area (Å²) < 4.78 is 27.7. The van der Waals surface area contributed by atoms with Gasteiger partial charge in [-0.3, -0.25) is 14.2 Å². The molecule has 0 saturated carbocycles. The number of halogens is 2. The maximum atomic E-state index is 15.0. The number of esters is 1. The third-order valence-electron chi connectivity index (χ3n) is 4.97. The molecule has 5 atom stereocenters. The average Bonchev–Trinajstić information content (AvgIpc) is 3.22. The molecular formula is C20H19FIN5O5. The molecule has 0 spiro atoms. The van der Waals surface area contributed by atoms with Crippen LogP contribution in [0.15, 0.2) is 43.0 Å². The number of hydrogen-bond acceptors (Lipinski definition) is 8. The molecule has 2 N–H and O–H groups in total. The molecule has 10 nitrogen and oxygen atoms in total. The van der Waals surface area contributed by atoms with E-state index in [0.717, 1.165) is 6.92 Å². The molecule has 12 heteroatoms. The molecule has 1 aliphatic rings. The summed E-state index contributed by atoms with van der Waals surface area (Å²) in [5.74, 6) is -0.949. The van der Waals surface area contributed by atoms with Crippen molar-refractivity contribution in [2.24, 2.45) is 0 Å². The van der Waals surface area contributed by atoms with Crippen molar-refractivity contribution < 1.29 is 28.6 Å². The molecule has 1 amide bonds. The maximum Gasteiger partial charge on any atom is 0.303 e. The normalized spacial score (nSPS) is 25.4. The van der Waals surface area contributed by atoms with Gasteiger partial charge in [0, 0.05) is 16.9 Å². The first-order valence-electron chi connectivity index (χ1n) is 9.65. The Morgan fingerprint density at radius 2 is 2.03 bits per heavy atom. The Bertz CT molecular complexity index is 1130. The van der Waals surface area contributed by atoms with E-state index in [1.54, 1.807) is 30.3 Å². The number of alkyl halides is 2. The van der Waals surface area contributed by atoms with Crippen molar-refractivity contribution in [2.75, 3.05) is 9.74 Å². The van der Waals surface area contributed by atoms with Gasteiger partial charge in [-0.1, -0.05) is 40.8 Å². The van der Waals surface area contributed by atoms with Crippen LogP contribution >= 0.6 is 22.6 Å². The minimum atomic E-state index is -1.88. The third-order valence-corrected chi connectivity index (χ3v) is 5.84. The zero-order valence-electron chi connectivity index (χ0n) is 16.8. The van der Waals surface area contributed by atoms with Crippen molar-refractivity contribution in [3.05, 3.63) is 48.5 Å². The molecule has 1 aliphatic heterocycles. The van der Waals surface area contributed by atoms with Crippen molar-refractivity contribution in [3.8, 4) is 0 Å². The van der Waals surface area contributed by atoms with Crippen molar-refractivity contribution in [1.29, 1.82) is 0 Å². The van der Waals surface area contributed by atoms with Crippen LogP contribution in [-0.4, -0.2) is 65.4 Å². The predicted octanol–water partition coefficient (Wildman–Crippen LogP) is 2.04. The molecule has 0 aliphatic carbocycles. The van der Waals surface area contributed by atoms with Gasteiger partial charge in [0.1, 0.15) is 12.4 Å². The van der Waals surface area contributed by atoms with Gasteiger partial charge in [0.05, 0.1) is 12.4 Å². The highest BCUT2D eigenvalue weighted by atomic mass is 127. The number of rotatable bonds is 5. The van der Waals surface area contributed by atoms with E-state index in [2.05, 4.69) is 20.3 Å². The Kier molecular flexibility index (Phi) is 6.62. The second kappa shape index (κ2) is 9.42. The number of hydrogen-bond donors (Lipinski definition) is 2. The van der Waals surface area contributed by atoms with Crippen LogP contribution in [-0.2, 0) is 14.3 Å². The Balaban J connectivity index is 1.70. The molecule has 3 heterocycles. The molecule has 1 saturated heterocycles. The largest absolute Gasteiger partial charge is 0.454 e. The molecular weight excluding hydrogens is 536 g/mol. The van der Waals surface area contributed by atoms with Gasteiger partial charge in [-0.05, 0) is 12.1 Å². The number of nitrogens with zero attached hydrogens (tertiary/aromatic N) is 4. The fourth-order valence-electron chi connectivity index (χ4n) is 3.46. The van der Waals surface area contributed by atoms with Gasteiger partial charge in [0.15, 0.2) is 35.5 Å². The van der Waals surface area contributed by atoms with Crippen LogP contribution in [0.4, 0.5) is 10.2 Å². The molecule has 168 valence electrons. The zero-order valence-corrected chi connectivity index (χ0v) is 18.9. The molecule has 1 fully saturated rings. The first-order valence-corrected chi connectivity index (χ1v) is 11.2. The molecule has 0 radical (unpaired) electrons. The highest BCUT2D eigenvalue weighted by Crippen LogP contribution is 2.35. The monoisotopic (exact) mass is 555 g/mol. The van der Waals surface area contributed by atoms with Crippen LogP contribution < -0.4 is 5.32 Å². The smallest absolute Gasteiger partial charge is 0.303 e. The summed E-state index contributed by atoms with van der Waals surface area (Å²) in [5, 5.41) is 12.9. The number of imidazole rings is 1. The summed E-state index contributed by atoms with van der Waals surface area (Å²) in [5.41, 5.74) is 0.916. The molecule has 32 heavy (non-hydrogen) atoms. The van der Waals surface area contributed by atoms with E-state index in [4.69, 9.17) is 9.47 Å². The van der Waals surface area contributed by atoms with Gasteiger partial charge < -0.3 is 19.9 Å². The van der Waals surface area contributed by atoms with Crippen molar-refractivity contribution >= 4 is 51.4 Å². The number of aromatic nitrogens is 4. The molecule has 3 aromatic rings. The van der Waals surface area contributed by atoms with Crippen LogP contribution in [0.5, 0.6) is 0 Å². The van der Waals surface area contributed by atoms with Gasteiger partial charge in [-0.25, -0.2) is 19.3 Å². The van der Waals surface area contributed by atoms with Gasteiger partial charge in [-0.15, -0.1) is 0 Å². The fraction of sp³-hybridized carbons (Fsp3) is 0.350. The van der Waals surface area contributed by atoms with Gasteiger partial charge >= 0.3 is 5.97 Å². The van der Waals surface area contributed by atoms with E-state index >= 15 is 0 Å². The van der Waals surface area contributed by atoms with Crippen LogP contribution in [0, 0.1) is 0 Å². The van der Waals surface area contributed by atoms with E-state index in [1.165, 1.54) is 17.2 Å². The SMILES string of the molecule is CC(=O)O[C@@H]1[C@@H](F)[C@H](O)[C@@H](CI)O[C@H]1n1cnc2c(NC(=O)c3ccccc3)ncnc21. The lowest BCUT2D eigenvalue weighted by Gasteiger charge is -2.40. The Hall–Kier alpha value is -2.71. The Labute approximate surface area is 195 Å². The average molecular weight is 555 g/mol. The predicted molar refractivity (Wildman–Crippen MR) is 119 cm³/mol. The molecule has 0 bridgehead atoms. The molecule has 2 aromatic heterocycles. The number of carbonyl (C=O) groups is 2. The summed E-state index contributed by atoms with van der Waals surface area (Å²) in [7, 11) is 0. The van der Waals surface area contributed by atoms with E-state index in [9.17, 15) is 19.1 Å². The van der Waals surface area contributed by atoms with Crippen LogP contribution in [0.1, 0.15) is 23.5 Å². The van der Waals surface area contributed by atoms with Crippen molar-refractivity contribution in [1.82, 2.24) is 19.5 Å². The number of aliphatic hydroxyl groups excluding tert-OH is 1. The minimum absolute atomic E-state index is 0.157. The lowest BCUT2D eigenvalue weighted by atomic mass is 10.00. The van der Waals surface area contributed by atoms with Gasteiger partial charge in [0.2, 0.25) is 0 Å². The first-order chi connectivity index (χ1) is 15.4. The highest BCUT2D eigenvalue weighted by Gasteiger charge is 2.48. The molecule has 4 rings (SSSR count). The lowest BCUT2D eigenvalue weighted by molar-refractivity contribution is -0.231. The minimum Gasteiger partial charge on any atom is -0.454 e. The van der Waals surface area contributed by atoms with Crippen LogP contribution in [0.3, 0.4) is 0 Å². The standard InChI is InChI=1S/C20H19FIN5O5/c1-10(28)31-16-13(21)15(29)12(7-22)32-20(16)27-9-25-14-17(23-8-24-18(14)27)26-19(30)11-5-3-2-4-6-11/h2-6,8-9,12-13,15-16,20,29H,7H2,1H3,(H,23,24,26,30)/t12-,13+,15-,16-,20-/m1/s1. The van der Waals surface area contributed by atoms with E-state index in [1.807, 2.05) is 22.6 Å². The van der Waals surface area contributed by atoms with Crippen LogP contribution in [0.25, 0.3) is 11.2 Å². The third kappa shape index (κ3) is 4.29. The highest BCUT2D eigenvalue weighted by molar-refractivity contribution is 14.1. The lowest BCUT2D eigenvalue weighted by Crippen LogP contribution is -2.55. The van der Waals surface area contributed by atoms with E-state index in [0.29, 0.717) is 9.99 Å². The summed E-state index contributed by atoms with van der Waals surface area (Å²) in [6, 6.07) is 8.58.